The van der Waals surface area contributed by atoms with Crippen LogP contribution in [0.2, 0.25) is 0 Å². The van der Waals surface area contributed by atoms with Crippen LogP contribution in [0.4, 0.5) is 0 Å². The number of fused-ring (bicyclic) bond motifs is 1. The molecule has 0 fully saturated rings. The number of ether oxygens (including phenoxy) is 2. The van der Waals surface area contributed by atoms with Gasteiger partial charge in [0.2, 0.25) is 0 Å². The van der Waals surface area contributed by atoms with E-state index >= 15 is 0 Å². The molecule has 1 N–H and O–H groups in total. The lowest BCUT2D eigenvalue weighted by molar-refractivity contribution is -0.138. The van der Waals surface area contributed by atoms with E-state index in [1.165, 1.54) is 7.11 Å². The maximum absolute atomic E-state index is 13.5. The van der Waals surface area contributed by atoms with Gasteiger partial charge in [-0.15, -0.1) is 0 Å². The first-order valence-corrected chi connectivity index (χ1v) is 10.0. The molecular formula is C24H24N2O5. The van der Waals surface area contributed by atoms with E-state index in [4.69, 9.17) is 9.47 Å². The summed E-state index contributed by atoms with van der Waals surface area (Å²) in [5.74, 6) is -0.0534. The van der Waals surface area contributed by atoms with Gasteiger partial charge in [0.05, 0.1) is 26.7 Å². The van der Waals surface area contributed by atoms with Crippen molar-refractivity contribution in [1.29, 1.82) is 0 Å². The number of hydrogen-bond donors (Lipinski definition) is 1. The Morgan fingerprint density at radius 3 is 2.42 bits per heavy atom. The number of carboxylic acids is 1. The average Bonchev–Trinajstić information content (AvgIpc) is 3.33. The molecule has 1 unspecified atom stereocenters. The first-order valence-electron chi connectivity index (χ1n) is 10.0. The molecular weight excluding hydrogens is 396 g/mol. The number of carboxylic acid groups (broad SMARTS) is 1. The highest BCUT2D eigenvalue weighted by molar-refractivity contribution is 5.95. The van der Waals surface area contributed by atoms with Gasteiger partial charge in [-0.2, -0.15) is 0 Å². The minimum absolute atomic E-state index is 0.189. The minimum atomic E-state index is -0.966. The standard InChI is InChI=1S/C24H24N2O5/c1-30-21-13-16-8-11-26(20(15-23(27)28)19(16)14-22(21)31-2)24(29)17-6-5-7-18(12-17)25-9-3-4-10-25/h3-7,9-10,12-14,20H,8,11,15H2,1-2H3,(H,27,28). The van der Waals surface area contributed by atoms with Gasteiger partial charge >= 0.3 is 5.97 Å². The second-order valence-electron chi connectivity index (χ2n) is 7.41. The van der Waals surface area contributed by atoms with E-state index in [1.54, 1.807) is 24.1 Å². The van der Waals surface area contributed by atoms with Crippen molar-refractivity contribution in [3.63, 3.8) is 0 Å². The predicted octanol–water partition coefficient (Wildman–Crippen LogP) is 3.71. The predicted molar refractivity (Wildman–Crippen MR) is 115 cm³/mol. The molecule has 160 valence electrons. The number of methoxy groups -OCH3 is 2. The van der Waals surface area contributed by atoms with Crippen LogP contribution in [0.1, 0.15) is 33.9 Å². The normalized spacial score (nSPS) is 15.3. The van der Waals surface area contributed by atoms with Crippen molar-refractivity contribution in [3.8, 4) is 17.2 Å². The Hall–Kier alpha value is -3.74. The Morgan fingerprint density at radius 2 is 1.74 bits per heavy atom. The molecule has 2 heterocycles. The third-order valence-corrected chi connectivity index (χ3v) is 5.63. The zero-order valence-electron chi connectivity index (χ0n) is 17.4. The van der Waals surface area contributed by atoms with Crippen LogP contribution in [0.5, 0.6) is 11.5 Å². The van der Waals surface area contributed by atoms with Gasteiger partial charge in [0, 0.05) is 30.2 Å². The van der Waals surface area contributed by atoms with Gasteiger partial charge in [-0.1, -0.05) is 6.07 Å². The lowest BCUT2D eigenvalue weighted by Crippen LogP contribution is -2.41. The number of aliphatic carboxylic acids is 1. The third kappa shape index (κ3) is 3.99. The van der Waals surface area contributed by atoms with E-state index in [0.717, 1.165) is 16.8 Å². The molecule has 0 aliphatic carbocycles. The van der Waals surface area contributed by atoms with Crippen LogP contribution in [-0.4, -0.2) is 47.2 Å². The highest BCUT2D eigenvalue weighted by Crippen LogP contribution is 2.40. The van der Waals surface area contributed by atoms with Gasteiger partial charge in [0.1, 0.15) is 0 Å². The zero-order chi connectivity index (χ0) is 22.0. The topological polar surface area (TPSA) is 81.0 Å². The Bertz CT molecular complexity index is 1110. The second kappa shape index (κ2) is 8.55. The van der Waals surface area contributed by atoms with Crippen LogP contribution in [0, 0.1) is 0 Å². The average molecular weight is 420 g/mol. The van der Waals surface area contributed by atoms with Crippen molar-refractivity contribution in [1.82, 2.24) is 9.47 Å². The number of carbonyl (C=O) groups is 2. The second-order valence-corrected chi connectivity index (χ2v) is 7.41. The number of hydrogen-bond acceptors (Lipinski definition) is 4. The summed E-state index contributed by atoms with van der Waals surface area (Å²) in [4.78, 5) is 26.8. The number of aromatic nitrogens is 1. The van der Waals surface area contributed by atoms with Gasteiger partial charge < -0.3 is 24.0 Å². The highest BCUT2D eigenvalue weighted by Gasteiger charge is 2.34. The fourth-order valence-electron chi connectivity index (χ4n) is 4.13. The van der Waals surface area contributed by atoms with Crippen LogP contribution in [0.15, 0.2) is 60.9 Å². The van der Waals surface area contributed by atoms with Crippen LogP contribution in [0.3, 0.4) is 0 Å². The maximum atomic E-state index is 13.5. The fourth-order valence-corrected chi connectivity index (χ4v) is 4.13. The van der Waals surface area contributed by atoms with Crippen molar-refractivity contribution in [3.05, 3.63) is 77.6 Å². The van der Waals surface area contributed by atoms with Crippen molar-refractivity contribution in [2.45, 2.75) is 18.9 Å². The summed E-state index contributed by atoms with van der Waals surface area (Å²) in [5, 5.41) is 9.56. The quantitative estimate of drug-likeness (QED) is 0.658. The van der Waals surface area contributed by atoms with E-state index in [2.05, 4.69) is 0 Å². The molecule has 0 saturated carbocycles. The summed E-state index contributed by atoms with van der Waals surface area (Å²) in [6.45, 7) is 0.424. The fraction of sp³-hybridized carbons (Fsp3) is 0.250. The Balaban J connectivity index is 1.72. The molecule has 0 radical (unpaired) electrons. The molecule has 1 aromatic heterocycles. The molecule has 0 spiro atoms. The number of nitrogens with zero attached hydrogens (tertiary/aromatic N) is 2. The summed E-state index contributed by atoms with van der Waals surface area (Å²) < 4.78 is 12.7. The monoisotopic (exact) mass is 420 g/mol. The first-order chi connectivity index (χ1) is 15.0. The van der Waals surface area contributed by atoms with Crippen LogP contribution in [-0.2, 0) is 11.2 Å². The molecule has 31 heavy (non-hydrogen) atoms. The largest absolute Gasteiger partial charge is 0.493 e. The smallest absolute Gasteiger partial charge is 0.305 e. The van der Waals surface area contributed by atoms with E-state index in [-0.39, 0.29) is 12.3 Å². The van der Waals surface area contributed by atoms with Gasteiger partial charge in [-0.05, 0) is 60.0 Å². The number of carbonyl (C=O) groups excluding carboxylic acids is 1. The first kappa shape index (κ1) is 20.5. The third-order valence-electron chi connectivity index (χ3n) is 5.63. The Labute approximate surface area is 180 Å². The van der Waals surface area contributed by atoms with Gasteiger partial charge in [0.25, 0.3) is 5.91 Å². The molecule has 7 heteroatoms. The van der Waals surface area contributed by atoms with E-state index in [0.29, 0.717) is 30.0 Å². The molecule has 3 aromatic rings. The molecule has 1 aliphatic rings. The summed E-state index contributed by atoms with van der Waals surface area (Å²) >= 11 is 0. The lowest BCUT2D eigenvalue weighted by Gasteiger charge is -2.37. The van der Waals surface area contributed by atoms with Gasteiger partial charge in [-0.3, -0.25) is 9.59 Å². The number of benzene rings is 2. The van der Waals surface area contributed by atoms with Gasteiger partial charge in [-0.25, -0.2) is 0 Å². The van der Waals surface area contributed by atoms with Crippen LogP contribution >= 0.6 is 0 Å². The molecule has 2 aromatic carbocycles. The number of rotatable bonds is 6. The van der Waals surface area contributed by atoms with Crippen LogP contribution < -0.4 is 9.47 Å². The summed E-state index contributed by atoms with van der Waals surface area (Å²) in [7, 11) is 3.10. The molecule has 1 atom stereocenters. The highest BCUT2D eigenvalue weighted by atomic mass is 16.5. The summed E-state index contributed by atoms with van der Waals surface area (Å²) in [6, 6.07) is 14.2. The van der Waals surface area contributed by atoms with E-state index in [9.17, 15) is 14.7 Å². The number of amides is 1. The van der Waals surface area contributed by atoms with Crippen molar-refractivity contribution in [2.75, 3.05) is 20.8 Å². The molecule has 4 rings (SSSR count). The Morgan fingerprint density at radius 1 is 1.03 bits per heavy atom. The zero-order valence-corrected chi connectivity index (χ0v) is 17.4. The summed E-state index contributed by atoms with van der Waals surface area (Å²) in [5.41, 5.74) is 3.13. The lowest BCUT2D eigenvalue weighted by atomic mass is 9.89. The molecule has 0 bridgehead atoms. The molecule has 1 amide bonds. The molecule has 0 saturated heterocycles. The Kier molecular flexibility index (Phi) is 5.66. The van der Waals surface area contributed by atoms with E-state index in [1.807, 2.05) is 53.4 Å². The SMILES string of the molecule is COc1cc2c(cc1OC)C(CC(=O)O)N(C(=O)c1cccc(-n3cccc3)c1)CC2. The van der Waals surface area contributed by atoms with E-state index < -0.39 is 12.0 Å². The molecule has 7 nitrogen and oxygen atoms in total. The maximum Gasteiger partial charge on any atom is 0.305 e. The minimum Gasteiger partial charge on any atom is -0.493 e. The van der Waals surface area contributed by atoms with Crippen molar-refractivity contribution < 1.29 is 24.2 Å². The summed E-state index contributed by atoms with van der Waals surface area (Å²) in [6.07, 6.45) is 4.24. The van der Waals surface area contributed by atoms with Gasteiger partial charge in [0.15, 0.2) is 11.5 Å². The molecule has 1 aliphatic heterocycles. The van der Waals surface area contributed by atoms with Crippen molar-refractivity contribution in [2.24, 2.45) is 0 Å². The van der Waals surface area contributed by atoms with Crippen molar-refractivity contribution >= 4 is 11.9 Å². The van der Waals surface area contributed by atoms with Crippen LogP contribution in [0.25, 0.3) is 5.69 Å².